The van der Waals surface area contributed by atoms with Crippen LogP contribution in [0.3, 0.4) is 0 Å². The summed E-state index contributed by atoms with van der Waals surface area (Å²) in [6.07, 6.45) is -0.949. The molecular weight excluding hydrogens is 143 g/mol. The van der Waals surface area contributed by atoms with Gasteiger partial charge >= 0.3 is 0 Å². The summed E-state index contributed by atoms with van der Waals surface area (Å²) in [6, 6.07) is 0. The summed E-state index contributed by atoms with van der Waals surface area (Å²) in [4.78, 5) is 0. The van der Waals surface area contributed by atoms with E-state index in [4.69, 9.17) is 0 Å². The highest BCUT2D eigenvalue weighted by atomic mass is 19.1. The third-order valence-corrected chi connectivity index (χ3v) is 2.02. The average Bonchev–Trinajstić information content (AvgIpc) is 1.77. The number of piperazine rings is 1. The third kappa shape index (κ3) is 1.91. The fourth-order valence-electron chi connectivity index (χ4n) is 1.58. The Kier molecular flexibility index (Phi) is 1.97. The van der Waals surface area contributed by atoms with Gasteiger partial charge in [0.1, 0.15) is 0 Å². The van der Waals surface area contributed by atoms with Gasteiger partial charge in [-0.3, -0.25) is 5.32 Å². The minimum Gasteiger partial charge on any atom is -0.302 e. The van der Waals surface area contributed by atoms with Gasteiger partial charge in [-0.05, 0) is 27.7 Å². The molecule has 1 aliphatic rings. The Morgan fingerprint density at radius 2 is 1.82 bits per heavy atom. The molecule has 0 spiro atoms. The van der Waals surface area contributed by atoms with Crippen LogP contribution in [0.2, 0.25) is 0 Å². The second kappa shape index (κ2) is 2.42. The lowest BCUT2D eigenvalue weighted by Gasteiger charge is -2.45. The Bertz CT molecular complexity index is 154. The second-order valence-corrected chi connectivity index (χ2v) is 4.47. The predicted molar refractivity (Wildman–Crippen MR) is 44.2 cm³/mol. The third-order valence-electron chi connectivity index (χ3n) is 2.02. The molecule has 1 rings (SSSR count). The molecule has 0 bridgehead atoms. The van der Waals surface area contributed by atoms with Crippen LogP contribution in [0, 0.1) is 0 Å². The van der Waals surface area contributed by atoms with E-state index in [0.29, 0.717) is 6.54 Å². The first kappa shape index (κ1) is 8.94. The molecule has 66 valence electrons. The first-order chi connectivity index (χ1) is 4.83. The van der Waals surface area contributed by atoms with Crippen molar-refractivity contribution >= 4 is 0 Å². The van der Waals surface area contributed by atoms with Crippen molar-refractivity contribution in [2.24, 2.45) is 0 Å². The highest BCUT2D eigenvalue weighted by molar-refractivity contribution is 4.98. The summed E-state index contributed by atoms with van der Waals surface area (Å²) < 4.78 is 13.1. The fraction of sp³-hybridized carbons (Fsp3) is 1.00. The van der Waals surface area contributed by atoms with Crippen LogP contribution in [0.1, 0.15) is 27.7 Å². The maximum absolute atomic E-state index is 13.1. The maximum atomic E-state index is 13.1. The van der Waals surface area contributed by atoms with Crippen molar-refractivity contribution in [3.63, 3.8) is 0 Å². The number of alkyl halides is 1. The van der Waals surface area contributed by atoms with Crippen LogP contribution in [0.25, 0.3) is 0 Å². The molecule has 1 atom stereocenters. The van der Waals surface area contributed by atoms with Gasteiger partial charge in [-0.1, -0.05) is 0 Å². The van der Waals surface area contributed by atoms with Gasteiger partial charge in [0, 0.05) is 12.1 Å². The van der Waals surface area contributed by atoms with Crippen molar-refractivity contribution in [1.29, 1.82) is 0 Å². The lowest BCUT2D eigenvalue weighted by atomic mass is 9.92. The van der Waals surface area contributed by atoms with E-state index < -0.39 is 11.8 Å². The lowest BCUT2D eigenvalue weighted by Crippen LogP contribution is -2.69. The van der Waals surface area contributed by atoms with Gasteiger partial charge < -0.3 is 5.32 Å². The van der Waals surface area contributed by atoms with E-state index >= 15 is 0 Å². The Hall–Kier alpha value is -0.150. The molecular formula is C8H17FN2. The Morgan fingerprint density at radius 3 is 2.18 bits per heavy atom. The van der Waals surface area contributed by atoms with Gasteiger partial charge in [0.2, 0.25) is 0 Å². The van der Waals surface area contributed by atoms with E-state index in [1.165, 1.54) is 0 Å². The summed E-state index contributed by atoms with van der Waals surface area (Å²) in [5, 5.41) is 6.08. The molecule has 1 fully saturated rings. The summed E-state index contributed by atoms with van der Waals surface area (Å²) in [5.41, 5.74) is -0.464. The number of halogens is 1. The summed E-state index contributed by atoms with van der Waals surface area (Å²) in [6.45, 7) is 8.54. The molecule has 0 aromatic rings. The van der Waals surface area contributed by atoms with Gasteiger partial charge in [-0.2, -0.15) is 0 Å². The predicted octanol–water partition coefficient (Wildman–Crippen LogP) is 1.03. The minimum absolute atomic E-state index is 0.00785. The van der Waals surface area contributed by atoms with Gasteiger partial charge in [-0.25, -0.2) is 4.39 Å². The Morgan fingerprint density at radius 1 is 1.27 bits per heavy atom. The molecule has 0 radical (unpaired) electrons. The second-order valence-electron chi connectivity index (χ2n) is 4.47. The molecule has 2 N–H and O–H groups in total. The fourth-order valence-corrected chi connectivity index (χ4v) is 1.58. The highest BCUT2D eigenvalue weighted by Gasteiger charge is 2.39. The van der Waals surface area contributed by atoms with Gasteiger partial charge in [-0.15, -0.1) is 0 Å². The average molecular weight is 160 g/mol. The molecule has 0 unspecified atom stereocenters. The molecule has 0 aromatic carbocycles. The zero-order valence-corrected chi connectivity index (χ0v) is 7.66. The van der Waals surface area contributed by atoms with Crippen molar-refractivity contribution in [2.45, 2.75) is 45.1 Å². The molecule has 1 aliphatic heterocycles. The van der Waals surface area contributed by atoms with Crippen molar-refractivity contribution < 1.29 is 4.39 Å². The van der Waals surface area contributed by atoms with Crippen molar-refractivity contribution in [2.75, 3.05) is 6.54 Å². The van der Waals surface area contributed by atoms with Crippen LogP contribution in [0.5, 0.6) is 0 Å². The quantitative estimate of drug-likeness (QED) is 0.517. The molecule has 0 amide bonds. The van der Waals surface area contributed by atoms with Crippen LogP contribution in [-0.4, -0.2) is 23.9 Å². The molecule has 0 aromatic heterocycles. The van der Waals surface area contributed by atoms with E-state index in [0.717, 1.165) is 0 Å². The van der Waals surface area contributed by atoms with E-state index in [1.54, 1.807) is 0 Å². The monoisotopic (exact) mass is 160 g/mol. The Balaban J connectivity index is 2.67. The SMILES string of the molecule is CC1(C)CN[C@@H](F)C(C)(C)N1. The minimum atomic E-state index is -0.949. The molecule has 11 heavy (non-hydrogen) atoms. The van der Waals surface area contributed by atoms with Gasteiger partial charge in [0.15, 0.2) is 6.30 Å². The molecule has 0 saturated carbocycles. The van der Waals surface area contributed by atoms with Gasteiger partial charge in [0.05, 0.1) is 5.54 Å². The van der Waals surface area contributed by atoms with Crippen molar-refractivity contribution in [3.8, 4) is 0 Å². The van der Waals surface area contributed by atoms with E-state index in [1.807, 2.05) is 13.8 Å². The molecule has 0 aliphatic carbocycles. The first-order valence-corrected chi connectivity index (χ1v) is 4.00. The maximum Gasteiger partial charge on any atom is 0.169 e. The molecule has 1 saturated heterocycles. The molecule has 2 nitrogen and oxygen atoms in total. The smallest absolute Gasteiger partial charge is 0.169 e. The van der Waals surface area contributed by atoms with E-state index in [-0.39, 0.29) is 5.54 Å². The zero-order chi connectivity index (χ0) is 8.70. The van der Waals surface area contributed by atoms with Gasteiger partial charge in [0.25, 0.3) is 0 Å². The normalized spacial score (nSPS) is 35.2. The molecule has 1 heterocycles. The lowest BCUT2D eigenvalue weighted by molar-refractivity contribution is 0.0638. The summed E-state index contributed by atoms with van der Waals surface area (Å²) in [5.74, 6) is 0. The van der Waals surface area contributed by atoms with Crippen LogP contribution in [0.4, 0.5) is 4.39 Å². The van der Waals surface area contributed by atoms with Crippen LogP contribution in [-0.2, 0) is 0 Å². The van der Waals surface area contributed by atoms with E-state index in [9.17, 15) is 4.39 Å². The number of nitrogens with one attached hydrogen (secondary N) is 2. The van der Waals surface area contributed by atoms with Crippen molar-refractivity contribution in [3.05, 3.63) is 0 Å². The number of hydrogen-bond donors (Lipinski definition) is 2. The van der Waals surface area contributed by atoms with Crippen molar-refractivity contribution in [1.82, 2.24) is 10.6 Å². The first-order valence-electron chi connectivity index (χ1n) is 4.00. The standard InChI is InChI=1S/C8H17FN2/c1-7(2)5-10-6(9)8(3,4)11-7/h6,10-11H,5H2,1-4H3/t6-/m1/s1. The number of rotatable bonds is 0. The summed E-state index contributed by atoms with van der Waals surface area (Å²) in [7, 11) is 0. The van der Waals surface area contributed by atoms with Crippen LogP contribution >= 0.6 is 0 Å². The molecule has 3 heteroatoms. The zero-order valence-electron chi connectivity index (χ0n) is 7.66. The van der Waals surface area contributed by atoms with Crippen LogP contribution in [0.15, 0.2) is 0 Å². The number of hydrogen-bond acceptors (Lipinski definition) is 2. The largest absolute Gasteiger partial charge is 0.302 e. The summed E-state index contributed by atoms with van der Waals surface area (Å²) >= 11 is 0. The van der Waals surface area contributed by atoms with E-state index in [2.05, 4.69) is 24.5 Å². The highest BCUT2D eigenvalue weighted by Crippen LogP contribution is 2.20. The topological polar surface area (TPSA) is 24.1 Å². The Labute approximate surface area is 67.6 Å². The van der Waals surface area contributed by atoms with Crippen LogP contribution < -0.4 is 10.6 Å².